The number of hydrogen-bond donors (Lipinski definition) is 3. The summed E-state index contributed by atoms with van der Waals surface area (Å²) in [6.07, 6.45) is 1.84. The van der Waals surface area contributed by atoms with E-state index in [1.54, 1.807) is 17.7 Å². The number of benzene rings is 2. The van der Waals surface area contributed by atoms with Crippen molar-refractivity contribution in [1.82, 2.24) is 14.9 Å². The van der Waals surface area contributed by atoms with Gasteiger partial charge in [-0.1, -0.05) is 41.9 Å². The monoisotopic (exact) mass is 498 g/mol. The second kappa shape index (κ2) is 10.9. The summed E-state index contributed by atoms with van der Waals surface area (Å²) in [5.41, 5.74) is 7.49. The van der Waals surface area contributed by atoms with Gasteiger partial charge in [0, 0.05) is 36.8 Å². The van der Waals surface area contributed by atoms with Gasteiger partial charge >= 0.3 is 0 Å². The number of rotatable bonds is 8. The molecule has 1 fully saturated rings. The number of aromatic nitrogens is 2. The Morgan fingerprint density at radius 2 is 2.03 bits per heavy atom. The van der Waals surface area contributed by atoms with Gasteiger partial charge in [0.05, 0.1) is 13.1 Å². The molecule has 10 heteroatoms. The fraction of sp³-hybridized carbons (Fsp3) is 0.320. The number of imidazole rings is 1. The summed E-state index contributed by atoms with van der Waals surface area (Å²) in [6.45, 7) is 1.39. The number of carbonyl (C=O) groups excluding carboxylic acids is 2. The number of Topliss-reactive ketones (excluding diaryl/α,β-unsaturated/α-hetero) is 1. The quantitative estimate of drug-likeness (QED) is 0.411. The first-order valence-corrected chi connectivity index (χ1v) is 11.8. The Hall–Kier alpha value is -3.43. The van der Waals surface area contributed by atoms with E-state index in [9.17, 15) is 14.0 Å². The van der Waals surface area contributed by atoms with Gasteiger partial charge in [-0.25, -0.2) is 4.39 Å². The second-order valence-corrected chi connectivity index (χ2v) is 8.91. The number of piperidine rings is 1. The molecular weight excluding hydrogens is 471 g/mol. The maximum atomic E-state index is 13.5. The third kappa shape index (κ3) is 5.63. The van der Waals surface area contributed by atoms with Crippen LogP contribution in [0.25, 0.3) is 0 Å². The third-order valence-electron chi connectivity index (χ3n) is 5.98. The summed E-state index contributed by atoms with van der Waals surface area (Å²) in [7, 11) is 1.68. The maximum Gasteiger partial charge on any atom is 0.272 e. The van der Waals surface area contributed by atoms with Crippen LogP contribution in [0.5, 0.6) is 0 Å². The Labute approximate surface area is 208 Å². The van der Waals surface area contributed by atoms with E-state index < -0.39 is 17.5 Å². The van der Waals surface area contributed by atoms with Crippen LogP contribution in [0.4, 0.5) is 16.2 Å². The highest BCUT2D eigenvalue weighted by Gasteiger charge is 2.28. The van der Waals surface area contributed by atoms with Crippen LogP contribution in [0.15, 0.2) is 48.5 Å². The van der Waals surface area contributed by atoms with E-state index in [4.69, 9.17) is 22.3 Å². The molecule has 1 saturated heterocycles. The van der Waals surface area contributed by atoms with Gasteiger partial charge in [-0.15, -0.1) is 0 Å². The zero-order valence-electron chi connectivity index (χ0n) is 19.4. The Balaban J connectivity index is 1.66. The highest BCUT2D eigenvalue weighted by Crippen LogP contribution is 2.28. The predicted molar refractivity (Wildman–Crippen MR) is 135 cm³/mol. The largest absolute Gasteiger partial charge is 0.371 e. The topological polar surface area (TPSA) is 105 Å². The lowest BCUT2D eigenvalue weighted by molar-refractivity contribution is 0.0898. The minimum atomic E-state index is -0.512. The fourth-order valence-corrected chi connectivity index (χ4v) is 4.43. The number of nitrogens with zero attached hydrogens (tertiary/aromatic N) is 3. The molecule has 1 atom stereocenters. The van der Waals surface area contributed by atoms with Crippen molar-refractivity contribution in [1.29, 1.82) is 0 Å². The average molecular weight is 499 g/mol. The van der Waals surface area contributed by atoms with Crippen molar-refractivity contribution in [3.8, 4) is 0 Å². The van der Waals surface area contributed by atoms with E-state index in [1.807, 2.05) is 18.2 Å². The number of carbonyl (C=O) groups is 2. The van der Waals surface area contributed by atoms with Crippen molar-refractivity contribution >= 4 is 35.1 Å². The third-order valence-corrected chi connectivity index (χ3v) is 6.35. The van der Waals surface area contributed by atoms with Crippen molar-refractivity contribution in [2.24, 2.45) is 5.73 Å². The summed E-state index contributed by atoms with van der Waals surface area (Å²) in [5, 5.41) is 6.24. The molecule has 0 aliphatic carbocycles. The van der Waals surface area contributed by atoms with Gasteiger partial charge < -0.3 is 21.3 Å². The molecule has 1 aliphatic rings. The van der Waals surface area contributed by atoms with E-state index in [2.05, 4.69) is 15.5 Å². The van der Waals surface area contributed by atoms with Crippen LogP contribution in [-0.2, 0) is 6.54 Å². The number of ketones is 1. The van der Waals surface area contributed by atoms with Crippen LogP contribution in [0.1, 0.15) is 39.3 Å². The standard InChI is InChI=1S/C25H28ClFN6O2/c1-29-23-22(24(35)30-13-21(34)16-7-4-8-18(27)12-16)33(14-17-6-2-3-10-20(17)26)25(31-23)32-11-5-9-19(28)15-32/h2-4,6-8,10,12,19,29H,5,9,11,13-15,28H2,1H3,(H,30,35). The number of amides is 1. The SMILES string of the molecule is CNc1nc(N2CCCC(N)C2)n(Cc2ccccc2Cl)c1C(=O)NCC(=O)c1cccc(F)c1. The van der Waals surface area contributed by atoms with Crippen LogP contribution in [0.3, 0.4) is 0 Å². The molecule has 2 heterocycles. The van der Waals surface area contributed by atoms with Crippen LogP contribution in [0, 0.1) is 5.82 Å². The molecule has 0 bridgehead atoms. The van der Waals surface area contributed by atoms with Gasteiger partial charge in [-0.2, -0.15) is 4.98 Å². The van der Waals surface area contributed by atoms with Crippen molar-refractivity contribution in [2.75, 3.05) is 36.9 Å². The Morgan fingerprint density at radius 3 is 2.74 bits per heavy atom. The molecule has 0 saturated carbocycles. The highest BCUT2D eigenvalue weighted by molar-refractivity contribution is 6.31. The molecular formula is C25H28ClFN6O2. The summed E-state index contributed by atoms with van der Waals surface area (Å²) < 4.78 is 15.3. The smallest absolute Gasteiger partial charge is 0.272 e. The van der Waals surface area contributed by atoms with E-state index in [-0.39, 0.29) is 23.8 Å². The molecule has 3 aromatic rings. The Morgan fingerprint density at radius 1 is 1.23 bits per heavy atom. The van der Waals surface area contributed by atoms with Gasteiger partial charge in [0.2, 0.25) is 5.95 Å². The molecule has 8 nitrogen and oxygen atoms in total. The molecule has 2 aromatic carbocycles. The number of halogens is 2. The highest BCUT2D eigenvalue weighted by atomic mass is 35.5. The first-order valence-electron chi connectivity index (χ1n) is 11.5. The van der Waals surface area contributed by atoms with Gasteiger partial charge in [-0.05, 0) is 36.6 Å². The summed E-state index contributed by atoms with van der Waals surface area (Å²) in [6, 6.07) is 12.8. The molecule has 184 valence electrons. The zero-order chi connectivity index (χ0) is 24.9. The lowest BCUT2D eigenvalue weighted by Gasteiger charge is -2.32. The number of hydrogen-bond acceptors (Lipinski definition) is 6. The fourth-order valence-electron chi connectivity index (χ4n) is 4.23. The second-order valence-electron chi connectivity index (χ2n) is 8.50. The molecule has 4 rings (SSSR count). The lowest BCUT2D eigenvalue weighted by Crippen LogP contribution is -2.44. The van der Waals surface area contributed by atoms with E-state index in [0.717, 1.165) is 31.0 Å². The molecule has 0 radical (unpaired) electrons. The number of anilines is 2. The van der Waals surface area contributed by atoms with Gasteiger partial charge in [0.15, 0.2) is 17.3 Å². The summed E-state index contributed by atoms with van der Waals surface area (Å²) in [5.74, 6) is -0.413. The van der Waals surface area contributed by atoms with Crippen molar-refractivity contribution in [3.63, 3.8) is 0 Å². The van der Waals surface area contributed by atoms with Crippen LogP contribution >= 0.6 is 11.6 Å². The van der Waals surface area contributed by atoms with E-state index in [1.165, 1.54) is 18.2 Å². The molecule has 1 amide bonds. The minimum absolute atomic E-state index is 0.00779. The molecule has 35 heavy (non-hydrogen) atoms. The number of nitrogens with one attached hydrogen (secondary N) is 2. The molecule has 1 aliphatic heterocycles. The first-order chi connectivity index (χ1) is 16.9. The van der Waals surface area contributed by atoms with Gasteiger partial charge in [0.1, 0.15) is 5.82 Å². The average Bonchev–Trinajstić information content (AvgIpc) is 3.22. The molecule has 4 N–H and O–H groups in total. The molecule has 0 spiro atoms. The lowest BCUT2D eigenvalue weighted by atomic mass is 10.1. The summed E-state index contributed by atoms with van der Waals surface area (Å²) in [4.78, 5) is 32.7. The normalized spacial score (nSPS) is 15.7. The van der Waals surface area contributed by atoms with Crippen LogP contribution in [0.2, 0.25) is 5.02 Å². The van der Waals surface area contributed by atoms with Gasteiger partial charge in [-0.3, -0.25) is 14.2 Å². The van der Waals surface area contributed by atoms with Crippen molar-refractivity contribution in [2.45, 2.75) is 25.4 Å². The van der Waals surface area contributed by atoms with E-state index in [0.29, 0.717) is 29.9 Å². The van der Waals surface area contributed by atoms with Crippen molar-refractivity contribution < 1.29 is 14.0 Å². The molecule has 1 unspecified atom stereocenters. The number of nitrogens with two attached hydrogens (primary N) is 1. The predicted octanol–water partition coefficient (Wildman–Crippen LogP) is 3.31. The zero-order valence-corrected chi connectivity index (χ0v) is 20.2. The van der Waals surface area contributed by atoms with Crippen LogP contribution < -0.4 is 21.3 Å². The Kier molecular flexibility index (Phi) is 7.67. The Bertz CT molecular complexity index is 1230. The minimum Gasteiger partial charge on any atom is -0.371 e. The first kappa shape index (κ1) is 24.7. The van der Waals surface area contributed by atoms with E-state index >= 15 is 0 Å². The summed E-state index contributed by atoms with van der Waals surface area (Å²) >= 11 is 6.43. The van der Waals surface area contributed by atoms with Crippen LogP contribution in [-0.4, -0.2) is 54.0 Å². The maximum absolute atomic E-state index is 13.5. The van der Waals surface area contributed by atoms with Gasteiger partial charge in [0.25, 0.3) is 5.91 Å². The van der Waals surface area contributed by atoms with Crippen molar-refractivity contribution in [3.05, 3.63) is 76.2 Å². The molecule has 1 aromatic heterocycles.